The molecule has 0 atom stereocenters. The molecule has 1 aromatic rings. The highest BCUT2D eigenvalue weighted by Crippen LogP contribution is 2.38. The van der Waals surface area contributed by atoms with E-state index in [-0.39, 0.29) is 23.9 Å². The first-order valence-corrected chi connectivity index (χ1v) is 27.4. The molecule has 1 aliphatic rings. The van der Waals surface area contributed by atoms with E-state index in [1.807, 2.05) is 19.0 Å². The van der Waals surface area contributed by atoms with Gasteiger partial charge in [0.15, 0.2) is 0 Å². The number of nitrogens with one attached hydrogen (secondary N) is 1. The number of fused-ring (bicyclic) bond motifs is 1. The van der Waals surface area contributed by atoms with Crippen molar-refractivity contribution in [3.8, 4) is 0 Å². The molecule has 2 amide bonds. The summed E-state index contributed by atoms with van der Waals surface area (Å²) >= 11 is 1.40. The normalized spacial score (nSPS) is 12.7. The number of nitrogens with zero attached hydrogens (tertiary/aromatic N) is 2. The molecule has 10 heteroatoms. The number of ether oxygens (including phenoxy) is 2. The molecular formula is C54H95N3O6S. The van der Waals surface area contributed by atoms with Gasteiger partial charge in [-0.3, -0.25) is 14.4 Å². The van der Waals surface area contributed by atoms with Gasteiger partial charge >= 0.3 is 11.9 Å². The van der Waals surface area contributed by atoms with Crippen molar-refractivity contribution in [2.24, 2.45) is 0 Å². The number of rotatable bonds is 41. The zero-order valence-corrected chi connectivity index (χ0v) is 42.7. The van der Waals surface area contributed by atoms with Crippen molar-refractivity contribution < 1.29 is 28.7 Å². The van der Waals surface area contributed by atoms with Gasteiger partial charge in [-0.15, -0.1) is 11.3 Å². The van der Waals surface area contributed by atoms with Crippen LogP contribution in [0.1, 0.15) is 253 Å². The monoisotopic (exact) mass is 914 g/mol. The minimum Gasteiger partial charge on any atom is -0.462 e. The third kappa shape index (κ3) is 27.7. The second-order valence-electron chi connectivity index (χ2n) is 18.9. The van der Waals surface area contributed by atoms with Crippen molar-refractivity contribution >= 4 is 40.1 Å². The highest BCUT2D eigenvalue weighted by atomic mass is 32.1. The van der Waals surface area contributed by atoms with E-state index in [0.29, 0.717) is 68.8 Å². The van der Waals surface area contributed by atoms with Crippen LogP contribution in [0.2, 0.25) is 0 Å². The summed E-state index contributed by atoms with van der Waals surface area (Å²) in [5, 5.41) is 3.61. The minimum atomic E-state index is -0.402. The van der Waals surface area contributed by atoms with Gasteiger partial charge in [0, 0.05) is 37.2 Å². The lowest BCUT2D eigenvalue weighted by Crippen LogP contribution is -2.35. The molecule has 0 radical (unpaired) electrons. The smallest absolute Gasteiger partial charge is 0.341 e. The van der Waals surface area contributed by atoms with E-state index in [1.54, 1.807) is 0 Å². The Morgan fingerprint density at radius 1 is 0.656 bits per heavy atom. The third-order valence-electron chi connectivity index (χ3n) is 12.6. The number of amides is 2. The van der Waals surface area contributed by atoms with Gasteiger partial charge in [-0.25, -0.2) is 4.79 Å². The third-order valence-corrected chi connectivity index (χ3v) is 13.7. The van der Waals surface area contributed by atoms with Crippen molar-refractivity contribution in [3.63, 3.8) is 0 Å². The molecule has 0 aromatic carbocycles. The lowest BCUT2D eigenvalue weighted by molar-refractivity contribution is -0.150. The molecule has 0 bridgehead atoms. The Labute approximate surface area is 396 Å². The second kappa shape index (κ2) is 38.4. The summed E-state index contributed by atoms with van der Waals surface area (Å²) in [5.41, 5.74) is 1.35. The van der Waals surface area contributed by atoms with Gasteiger partial charge in [0.1, 0.15) is 11.1 Å². The molecule has 64 heavy (non-hydrogen) atoms. The zero-order chi connectivity index (χ0) is 46.5. The van der Waals surface area contributed by atoms with Crippen molar-refractivity contribution in [3.05, 3.63) is 28.2 Å². The van der Waals surface area contributed by atoms with Crippen LogP contribution in [0.25, 0.3) is 0 Å². The molecule has 0 fully saturated rings. The maximum atomic E-state index is 13.5. The van der Waals surface area contributed by atoms with Crippen LogP contribution in [0.15, 0.2) is 12.2 Å². The standard InChI is InChI=1S/C54H95N3O6S/c1-6-9-12-15-18-19-20-21-22-23-24-25-26-29-32-38-49(58)55-53-52(54(61)62-44-35-42-56(4)5)47-41-43-57(45-48(47)64-53)50(59)39-33-34-40-51(60)63-46(36-30-27-16-13-10-7-2)37-31-28-17-14-11-8-3/h21-22,46H,6-20,23-45H2,1-5H3,(H,55,58)/b22-21-. The van der Waals surface area contributed by atoms with Crippen LogP contribution < -0.4 is 5.32 Å². The summed E-state index contributed by atoms with van der Waals surface area (Å²) in [6, 6.07) is 0. The molecule has 2 rings (SSSR count). The molecule has 1 N–H and O–H groups in total. The van der Waals surface area contributed by atoms with E-state index in [4.69, 9.17) is 9.47 Å². The molecular weight excluding hydrogens is 819 g/mol. The summed E-state index contributed by atoms with van der Waals surface area (Å²) in [6.45, 7) is 8.77. The van der Waals surface area contributed by atoms with Gasteiger partial charge in [-0.2, -0.15) is 0 Å². The number of anilines is 1. The Bertz CT molecular complexity index is 1390. The fourth-order valence-corrected chi connectivity index (χ4v) is 9.87. The maximum Gasteiger partial charge on any atom is 0.341 e. The molecule has 0 aliphatic carbocycles. The van der Waals surface area contributed by atoms with Crippen LogP contribution in [0.3, 0.4) is 0 Å². The van der Waals surface area contributed by atoms with E-state index < -0.39 is 5.97 Å². The molecule has 2 heterocycles. The topological polar surface area (TPSA) is 105 Å². The van der Waals surface area contributed by atoms with Crippen molar-refractivity contribution in [1.29, 1.82) is 0 Å². The number of hydrogen-bond acceptors (Lipinski definition) is 8. The highest BCUT2D eigenvalue weighted by Gasteiger charge is 2.31. The van der Waals surface area contributed by atoms with Gasteiger partial charge in [0.2, 0.25) is 11.8 Å². The summed E-state index contributed by atoms with van der Waals surface area (Å²) < 4.78 is 11.8. The van der Waals surface area contributed by atoms with Gasteiger partial charge in [0.05, 0.1) is 18.7 Å². The first-order chi connectivity index (χ1) is 31.2. The largest absolute Gasteiger partial charge is 0.462 e. The molecule has 368 valence electrons. The molecule has 0 saturated heterocycles. The lowest BCUT2D eigenvalue weighted by Gasteiger charge is -2.27. The first-order valence-electron chi connectivity index (χ1n) is 26.6. The molecule has 1 aromatic heterocycles. The molecule has 0 unspecified atom stereocenters. The van der Waals surface area contributed by atoms with E-state index >= 15 is 0 Å². The number of thiophene rings is 1. The van der Waals surface area contributed by atoms with Crippen LogP contribution in [0, 0.1) is 0 Å². The van der Waals surface area contributed by atoms with Gasteiger partial charge in [0.25, 0.3) is 0 Å². The van der Waals surface area contributed by atoms with Crippen molar-refractivity contribution in [1.82, 2.24) is 9.80 Å². The van der Waals surface area contributed by atoms with E-state index in [1.165, 1.54) is 133 Å². The fourth-order valence-electron chi connectivity index (χ4n) is 8.60. The zero-order valence-electron chi connectivity index (χ0n) is 41.9. The SMILES string of the molecule is CCCCCCCC/C=C\CCCCCCCC(=O)Nc1sc2c(c1C(=O)OCCCN(C)C)CCN(C(=O)CCCCC(=O)OC(CCCCCCCC)CCCCCCCC)C2. The molecule has 1 aliphatic heterocycles. The number of allylic oxidation sites excluding steroid dienone is 2. The van der Waals surface area contributed by atoms with Crippen LogP contribution >= 0.6 is 11.3 Å². The maximum absolute atomic E-state index is 13.5. The number of esters is 2. The average Bonchev–Trinajstić information content (AvgIpc) is 3.64. The van der Waals surface area contributed by atoms with Gasteiger partial charge in [-0.1, -0.05) is 148 Å². The predicted molar refractivity (Wildman–Crippen MR) is 269 cm³/mol. The van der Waals surface area contributed by atoms with Crippen LogP contribution in [0.4, 0.5) is 5.00 Å². The van der Waals surface area contributed by atoms with Crippen LogP contribution in [-0.2, 0) is 36.8 Å². The Balaban J connectivity index is 1.84. The summed E-state index contributed by atoms with van der Waals surface area (Å²) in [4.78, 5) is 58.0. The predicted octanol–water partition coefficient (Wildman–Crippen LogP) is 14.7. The summed E-state index contributed by atoms with van der Waals surface area (Å²) in [5.74, 6) is -0.566. The van der Waals surface area contributed by atoms with Gasteiger partial charge in [-0.05, 0) is 103 Å². The Hall–Kier alpha value is -2.72. The molecule has 9 nitrogen and oxygen atoms in total. The van der Waals surface area contributed by atoms with E-state index in [0.717, 1.165) is 74.8 Å². The Morgan fingerprint density at radius 2 is 1.17 bits per heavy atom. The number of hydrogen-bond donors (Lipinski definition) is 1. The Kier molecular flexibility index (Phi) is 34.4. The van der Waals surface area contributed by atoms with Crippen molar-refractivity contribution in [2.45, 2.75) is 252 Å². The highest BCUT2D eigenvalue weighted by molar-refractivity contribution is 7.17. The Morgan fingerprint density at radius 3 is 1.75 bits per heavy atom. The average molecular weight is 914 g/mol. The van der Waals surface area contributed by atoms with Gasteiger partial charge < -0.3 is 24.6 Å². The van der Waals surface area contributed by atoms with Crippen molar-refractivity contribution in [2.75, 3.05) is 39.1 Å². The summed E-state index contributed by atoms with van der Waals surface area (Å²) in [6.07, 6.45) is 40.7. The van der Waals surface area contributed by atoms with Crippen LogP contribution in [0.5, 0.6) is 0 Å². The number of carbonyl (C=O) groups excluding carboxylic acids is 4. The van der Waals surface area contributed by atoms with E-state index in [9.17, 15) is 19.2 Å². The number of carbonyl (C=O) groups is 4. The summed E-state index contributed by atoms with van der Waals surface area (Å²) in [7, 11) is 3.99. The molecule has 0 spiro atoms. The fraction of sp³-hybridized carbons (Fsp3) is 0.815. The second-order valence-corrected chi connectivity index (χ2v) is 20.0. The molecule has 0 saturated carbocycles. The lowest BCUT2D eigenvalue weighted by atomic mass is 10.0. The van der Waals surface area contributed by atoms with Crippen LogP contribution in [-0.4, -0.2) is 73.4 Å². The van der Waals surface area contributed by atoms with E-state index in [2.05, 4.69) is 43.1 Å². The first kappa shape index (κ1) is 57.4. The number of unbranched alkanes of at least 4 members (excludes halogenated alkanes) is 22. The quantitative estimate of drug-likeness (QED) is 0.0396. The minimum absolute atomic E-state index is 0.00156.